The fourth-order valence-electron chi connectivity index (χ4n) is 9.51. The Morgan fingerprint density at radius 2 is 0.610 bits per heavy atom. The second kappa shape index (κ2) is 27.3. The third kappa shape index (κ3) is 17.6. The van der Waals surface area contributed by atoms with Crippen molar-refractivity contribution in [2.45, 2.75) is 158 Å². The average molecular weight is 1060 g/mol. The van der Waals surface area contributed by atoms with Crippen molar-refractivity contribution < 1.29 is 47.5 Å². The number of fused-ring (bicyclic) bond motifs is 8. The molecular weight excluding hydrogens is 973 g/mol. The summed E-state index contributed by atoms with van der Waals surface area (Å²) >= 11 is 0. The smallest absolute Gasteiger partial charge is 0.410 e. The Morgan fingerprint density at radius 3 is 0.857 bits per heavy atom. The summed E-state index contributed by atoms with van der Waals surface area (Å²) in [5.74, 6) is 3.43. The van der Waals surface area contributed by atoms with Crippen molar-refractivity contribution in [2.24, 2.45) is 0 Å². The van der Waals surface area contributed by atoms with Crippen LogP contribution in [0.4, 0.5) is 20.1 Å². The van der Waals surface area contributed by atoms with Crippen LogP contribution in [0.1, 0.15) is 160 Å². The zero-order chi connectivity index (χ0) is 55.9. The average Bonchev–Trinajstić information content (AvgIpc) is 3.34. The summed E-state index contributed by atoms with van der Waals surface area (Å²) in [6.07, 6.45) is 4.07. The quantitative estimate of drug-likeness (QED) is 0.105. The monoisotopic (exact) mass is 1060 g/mol. The maximum atomic E-state index is 14.2. The summed E-state index contributed by atoms with van der Waals surface area (Å²) in [7, 11) is 0. The first kappa shape index (κ1) is 59.9. The van der Waals surface area contributed by atoms with Gasteiger partial charge in [-0.3, -0.25) is 0 Å². The molecule has 14 nitrogen and oxygen atoms in total. The van der Waals surface area contributed by atoms with Crippen molar-refractivity contribution in [3.63, 3.8) is 0 Å². The summed E-state index contributed by atoms with van der Waals surface area (Å²) in [6, 6.07) is 23.8. The standard InChI is InChI=1S/C63H90N4O10/c1-14-35-71-54-45-21-18-22-46(54)40-48-24-20-26-50(56(48)73-37-16-3)42-52-44-53(43-51(57(52)74-38-17-4)41-49-25-19-23-47(39-45)55(49)72-36-15-2)64-27-29-65(58(68)75-61(5,6)7)31-33-67(60(70)77-63(11,12)13)34-32-66(30-28-64)59(69)76-62(8,9)10/h18-26,43-44H,14-17,27-42H2,1-13H3. The highest BCUT2D eigenvalue weighted by Crippen LogP contribution is 2.41. The van der Waals surface area contributed by atoms with E-state index in [4.69, 9.17) is 33.2 Å². The molecule has 4 aromatic rings. The van der Waals surface area contributed by atoms with E-state index in [-0.39, 0.29) is 39.3 Å². The molecule has 1 fully saturated rings. The van der Waals surface area contributed by atoms with Gasteiger partial charge in [0, 0.05) is 94.9 Å². The van der Waals surface area contributed by atoms with Gasteiger partial charge < -0.3 is 52.8 Å². The fraction of sp³-hybridized carbons (Fsp3) is 0.571. The fourth-order valence-corrected chi connectivity index (χ4v) is 9.51. The number of hydrogen-bond acceptors (Lipinski definition) is 11. The molecule has 6 rings (SSSR count). The van der Waals surface area contributed by atoms with Crippen molar-refractivity contribution in [3.8, 4) is 23.0 Å². The van der Waals surface area contributed by atoms with Gasteiger partial charge in [-0.15, -0.1) is 0 Å². The zero-order valence-corrected chi connectivity index (χ0v) is 48.9. The summed E-state index contributed by atoms with van der Waals surface area (Å²) in [6.45, 7) is 29.1. The number of ether oxygens (including phenoxy) is 7. The highest BCUT2D eigenvalue weighted by molar-refractivity contribution is 5.71. The summed E-state index contributed by atoms with van der Waals surface area (Å²) in [5, 5.41) is 0. The molecule has 3 amide bonds. The van der Waals surface area contributed by atoms with Crippen LogP contribution < -0.4 is 23.8 Å². The highest BCUT2D eigenvalue weighted by Gasteiger charge is 2.31. The van der Waals surface area contributed by atoms with Crippen molar-refractivity contribution >= 4 is 24.0 Å². The lowest BCUT2D eigenvalue weighted by Crippen LogP contribution is -2.51. The van der Waals surface area contributed by atoms with Crippen molar-refractivity contribution in [3.05, 3.63) is 111 Å². The molecular formula is C63H90N4O10. The molecule has 0 aromatic heterocycles. The predicted octanol–water partition coefficient (Wildman–Crippen LogP) is 13.0. The molecule has 0 saturated carbocycles. The normalized spacial score (nSPS) is 14.9. The number of rotatable bonds is 13. The van der Waals surface area contributed by atoms with Gasteiger partial charge in [0.15, 0.2) is 0 Å². The molecule has 0 N–H and O–H groups in total. The van der Waals surface area contributed by atoms with E-state index >= 15 is 0 Å². The van der Waals surface area contributed by atoms with Crippen LogP contribution in [0.3, 0.4) is 0 Å². The molecule has 1 heterocycles. The van der Waals surface area contributed by atoms with E-state index in [1.807, 2.05) is 62.3 Å². The molecule has 0 radical (unpaired) electrons. The number of carbonyl (C=O) groups excluding carboxylic acids is 3. The number of benzene rings is 4. The lowest BCUT2D eigenvalue weighted by Gasteiger charge is -2.36. The maximum Gasteiger partial charge on any atom is 0.410 e. The molecule has 1 saturated heterocycles. The number of nitrogens with zero attached hydrogens (tertiary/aromatic N) is 4. The molecule has 0 spiro atoms. The summed E-state index contributed by atoms with van der Waals surface area (Å²) < 4.78 is 45.1. The number of carbonyl (C=O) groups is 3. The molecule has 8 bridgehead atoms. The second-order valence-electron chi connectivity index (χ2n) is 23.3. The van der Waals surface area contributed by atoms with Gasteiger partial charge in [-0.05, 0) is 134 Å². The van der Waals surface area contributed by atoms with Gasteiger partial charge in [0.05, 0.1) is 26.4 Å². The molecule has 77 heavy (non-hydrogen) atoms. The molecule has 0 unspecified atom stereocenters. The molecule has 422 valence electrons. The van der Waals surface area contributed by atoms with Gasteiger partial charge in [0.2, 0.25) is 0 Å². The van der Waals surface area contributed by atoms with Crippen LogP contribution in [0.5, 0.6) is 23.0 Å². The van der Waals surface area contributed by atoms with Crippen LogP contribution in [0.25, 0.3) is 0 Å². The van der Waals surface area contributed by atoms with E-state index < -0.39 is 35.1 Å². The summed E-state index contributed by atoms with van der Waals surface area (Å²) in [4.78, 5) is 49.4. The van der Waals surface area contributed by atoms with E-state index in [0.717, 1.165) is 98.9 Å². The third-order valence-electron chi connectivity index (χ3n) is 13.0. The predicted molar refractivity (Wildman–Crippen MR) is 306 cm³/mol. The number of amides is 3. The van der Waals surface area contributed by atoms with Gasteiger partial charge in [0.1, 0.15) is 39.8 Å². The molecule has 2 aliphatic rings. The third-order valence-corrected chi connectivity index (χ3v) is 13.0. The van der Waals surface area contributed by atoms with E-state index in [1.165, 1.54) is 0 Å². The Balaban J connectivity index is 1.58. The zero-order valence-electron chi connectivity index (χ0n) is 48.9. The van der Waals surface area contributed by atoms with Crippen molar-refractivity contribution in [1.29, 1.82) is 0 Å². The van der Waals surface area contributed by atoms with Crippen LogP contribution in [0.15, 0.2) is 66.7 Å². The molecule has 4 aromatic carbocycles. The van der Waals surface area contributed by atoms with Gasteiger partial charge in [0.25, 0.3) is 0 Å². The maximum absolute atomic E-state index is 14.2. The topological polar surface area (TPSA) is 129 Å². The van der Waals surface area contributed by atoms with E-state index in [1.54, 1.807) is 14.7 Å². The lowest BCUT2D eigenvalue weighted by atomic mass is 9.91. The van der Waals surface area contributed by atoms with Crippen LogP contribution in [-0.2, 0) is 39.9 Å². The van der Waals surface area contributed by atoms with Crippen LogP contribution >= 0.6 is 0 Å². The van der Waals surface area contributed by atoms with Gasteiger partial charge in [-0.25, -0.2) is 14.4 Å². The Labute approximate surface area is 460 Å². The van der Waals surface area contributed by atoms with Gasteiger partial charge in [-0.2, -0.15) is 0 Å². The van der Waals surface area contributed by atoms with Crippen LogP contribution in [0.2, 0.25) is 0 Å². The number of para-hydroxylation sites is 3. The summed E-state index contributed by atoms with van der Waals surface area (Å²) in [5.41, 5.74) is 6.95. The Kier molecular flexibility index (Phi) is 21.3. The molecule has 14 heteroatoms. The minimum absolute atomic E-state index is 0.148. The van der Waals surface area contributed by atoms with Crippen LogP contribution in [-0.4, -0.2) is 129 Å². The van der Waals surface area contributed by atoms with E-state index in [9.17, 15) is 14.4 Å². The lowest BCUT2D eigenvalue weighted by molar-refractivity contribution is 0.00807. The highest BCUT2D eigenvalue weighted by atomic mass is 16.6. The minimum Gasteiger partial charge on any atom is -0.493 e. The van der Waals surface area contributed by atoms with Crippen molar-refractivity contribution in [1.82, 2.24) is 14.7 Å². The number of hydrogen-bond donors (Lipinski definition) is 0. The minimum atomic E-state index is -0.765. The Morgan fingerprint density at radius 1 is 0.377 bits per heavy atom. The first-order valence-corrected chi connectivity index (χ1v) is 28.3. The van der Waals surface area contributed by atoms with Gasteiger partial charge >= 0.3 is 18.3 Å². The largest absolute Gasteiger partial charge is 0.493 e. The second-order valence-corrected chi connectivity index (χ2v) is 23.3. The SMILES string of the molecule is CCCOc1c2cccc1Cc1cccc(c1OCCC)Cc1cc(N3CCN(C(=O)OC(C)(C)C)CCN(C(=O)OC(C)(C)C)CCN(C(=O)OC(C)(C)C)CC3)cc(c1OCCC)Cc1cccc(c1OCCC)C2. The Hall–Kier alpha value is -6.31. The van der Waals surface area contributed by atoms with Crippen LogP contribution in [0, 0.1) is 0 Å². The first-order chi connectivity index (χ1) is 36.6. The van der Waals surface area contributed by atoms with Gasteiger partial charge in [-0.1, -0.05) is 82.3 Å². The molecule has 0 atom stereocenters. The van der Waals surface area contributed by atoms with E-state index in [2.05, 4.69) is 99.3 Å². The van der Waals surface area contributed by atoms with Crippen molar-refractivity contribution in [2.75, 3.05) is 83.7 Å². The van der Waals surface area contributed by atoms with E-state index in [0.29, 0.717) is 65.2 Å². The molecule has 1 aliphatic carbocycles. The molecule has 1 aliphatic heterocycles. The number of anilines is 1. The first-order valence-electron chi connectivity index (χ1n) is 28.3. The Bertz CT molecular complexity index is 2450.